The van der Waals surface area contributed by atoms with Gasteiger partial charge in [-0.05, 0) is 23.8 Å². The van der Waals surface area contributed by atoms with Crippen molar-refractivity contribution in [3.05, 3.63) is 35.9 Å². The second-order valence-electron chi connectivity index (χ2n) is 7.82. The van der Waals surface area contributed by atoms with Crippen molar-refractivity contribution in [2.24, 2.45) is 0 Å². The number of carbonyl (C=O) groups excluding carboxylic acids is 1. The number of rotatable bonds is 5. The number of hydrogen-bond acceptors (Lipinski definition) is 3. The molecule has 0 bridgehead atoms. The molecule has 2 aliphatic rings. The summed E-state index contributed by atoms with van der Waals surface area (Å²) in [7, 11) is 0. The van der Waals surface area contributed by atoms with Crippen LogP contribution < -0.4 is 5.32 Å². The standard InChI is InChI=1S/C20H31N3O.ClH/c1-20(2,17-6-4-3-5-7-17)10-8-19(24)23-13-9-18(16-23)22-14-11-21-12-15-22;/h3-7,18,21H,8-16H2,1-2H3;1H. The van der Waals surface area contributed by atoms with E-state index in [1.807, 2.05) is 6.07 Å². The minimum atomic E-state index is 0. The van der Waals surface area contributed by atoms with Crippen molar-refractivity contribution in [2.45, 2.75) is 44.6 Å². The lowest BCUT2D eigenvalue weighted by atomic mass is 9.80. The average molecular weight is 366 g/mol. The lowest BCUT2D eigenvalue weighted by Gasteiger charge is -2.32. The molecule has 1 N–H and O–H groups in total. The highest BCUT2D eigenvalue weighted by Gasteiger charge is 2.31. The smallest absolute Gasteiger partial charge is 0.222 e. The highest BCUT2D eigenvalue weighted by molar-refractivity contribution is 5.85. The van der Waals surface area contributed by atoms with Gasteiger partial charge in [0.15, 0.2) is 0 Å². The van der Waals surface area contributed by atoms with E-state index in [1.165, 1.54) is 5.56 Å². The van der Waals surface area contributed by atoms with E-state index in [1.54, 1.807) is 0 Å². The Kier molecular flexibility index (Phi) is 7.29. The first-order chi connectivity index (χ1) is 11.6. The molecule has 1 atom stereocenters. The van der Waals surface area contributed by atoms with Crippen LogP contribution in [0.1, 0.15) is 38.7 Å². The zero-order chi connectivity index (χ0) is 17.0. The molecule has 5 heteroatoms. The van der Waals surface area contributed by atoms with E-state index < -0.39 is 0 Å². The van der Waals surface area contributed by atoms with Gasteiger partial charge in [-0.15, -0.1) is 12.4 Å². The van der Waals surface area contributed by atoms with Crippen molar-refractivity contribution < 1.29 is 4.79 Å². The largest absolute Gasteiger partial charge is 0.341 e. The van der Waals surface area contributed by atoms with Crippen LogP contribution in [0.5, 0.6) is 0 Å². The van der Waals surface area contributed by atoms with Crippen LogP contribution in [-0.4, -0.2) is 61.0 Å². The van der Waals surface area contributed by atoms with Gasteiger partial charge >= 0.3 is 0 Å². The van der Waals surface area contributed by atoms with Crippen molar-refractivity contribution in [1.82, 2.24) is 15.1 Å². The van der Waals surface area contributed by atoms with Crippen molar-refractivity contribution >= 4 is 18.3 Å². The number of piperazine rings is 1. The third-order valence-electron chi connectivity index (χ3n) is 5.70. The molecule has 3 rings (SSSR count). The summed E-state index contributed by atoms with van der Waals surface area (Å²) < 4.78 is 0. The van der Waals surface area contributed by atoms with Gasteiger partial charge in [0.2, 0.25) is 5.91 Å². The number of benzene rings is 1. The fourth-order valence-corrected chi connectivity index (χ4v) is 3.92. The lowest BCUT2D eigenvalue weighted by molar-refractivity contribution is -0.130. The van der Waals surface area contributed by atoms with E-state index in [2.05, 4.69) is 53.2 Å². The molecule has 1 amide bonds. The Morgan fingerprint density at radius 3 is 2.52 bits per heavy atom. The number of carbonyl (C=O) groups is 1. The van der Waals surface area contributed by atoms with Crippen LogP contribution in [0, 0.1) is 0 Å². The van der Waals surface area contributed by atoms with Gasteiger partial charge in [-0.25, -0.2) is 0 Å². The Morgan fingerprint density at radius 1 is 1.16 bits per heavy atom. The summed E-state index contributed by atoms with van der Waals surface area (Å²) in [4.78, 5) is 17.3. The minimum absolute atomic E-state index is 0. The Balaban J connectivity index is 0.00000225. The van der Waals surface area contributed by atoms with Crippen LogP contribution in [0.4, 0.5) is 0 Å². The molecule has 140 valence electrons. The molecular formula is C20H32ClN3O. The second kappa shape index (κ2) is 9.02. The summed E-state index contributed by atoms with van der Waals surface area (Å²) in [6, 6.07) is 11.1. The highest BCUT2D eigenvalue weighted by Crippen LogP contribution is 2.29. The summed E-state index contributed by atoms with van der Waals surface area (Å²) >= 11 is 0. The highest BCUT2D eigenvalue weighted by atomic mass is 35.5. The van der Waals surface area contributed by atoms with E-state index in [9.17, 15) is 4.79 Å². The van der Waals surface area contributed by atoms with E-state index in [0.717, 1.165) is 52.1 Å². The van der Waals surface area contributed by atoms with Crippen molar-refractivity contribution in [2.75, 3.05) is 39.3 Å². The maximum absolute atomic E-state index is 12.6. The Labute approximate surface area is 158 Å². The first-order valence-electron chi connectivity index (χ1n) is 9.34. The molecule has 2 heterocycles. The SMILES string of the molecule is CC(C)(CCC(=O)N1CCC(N2CCNCC2)C1)c1ccccc1.Cl. The normalized spacial score (nSPS) is 21.8. The molecule has 0 saturated carbocycles. The summed E-state index contributed by atoms with van der Waals surface area (Å²) in [5, 5.41) is 3.40. The summed E-state index contributed by atoms with van der Waals surface area (Å²) in [5.74, 6) is 0.330. The van der Waals surface area contributed by atoms with Gasteiger partial charge in [0.1, 0.15) is 0 Å². The zero-order valence-corrected chi connectivity index (χ0v) is 16.4. The quantitative estimate of drug-likeness (QED) is 0.871. The third-order valence-corrected chi connectivity index (χ3v) is 5.70. The zero-order valence-electron chi connectivity index (χ0n) is 15.5. The molecule has 2 aliphatic heterocycles. The van der Waals surface area contributed by atoms with E-state index in [4.69, 9.17) is 0 Å². The maximum atomic E-state index is 12.6. The molecule has 0 spiro atoms. The van der Waals surface area contributed by atoms with Crippen molar-refractivity contribution in [3.8, 4) is 0 Å². The van der Waals surface area contributed by atoms with Crippen LogP contribution in [0.15, 0.2) is 30.3 Å². The molecule has 0 aliphatic carbocycles. The Hall–Kier alpha value is -1.10. The predicted octanol–water partition coefficient (Wildman–Crippen LogP) is 2.67. The molecule has 4 nitrogen and oxygen atoms in total. The number of likely N-dealkylation sites (tertiary alicyclic amines) is 1. The minimum Gasteiger partial charge on any atom is -0.341 e. The van der Waals surface area contributed by atoms with Gasteiger partial charge in [-0.3, -0.25) is 9.69 Å². The number of nitrogens with zero attached hydrogens (tertiary/aromatic N) is 2. The molecular weight excluding hydrogens is 334 g/mol. The third kappa shape index (κ3) is 5.19. The van der Waals surface area contributed by atoms with Gasteiger partial charge in [-0.2, -0.15) is 0 Å². The monoisotopic (exact) mass is 365 g/mol. The lowest BCUT2D eigenvalue weighted by Crippen LogP contribution is -2.49. The molecule has 1 aromatic rings. The summed E-state index contributed by atoms with van der Waals surface area (Å²) in [6.45, 7) is 10.7. The topological polar surface area (TPSA) is 35.6 Å². The maximum Gasteiger partial charge on any atom is 0.222 e. The first kappa shape index (κ1) is 20.2. The summed E-state index contributed by atoms with van der Waals surface area (Å²) in [6.07, 6.45) is 2.69. The van der Waals surface area contributed by atoms with Crippen LogP contribution in [0.25, 0.3) is 0 Å². The van der Waals surface area contributed by atoms with Gasteiger partial charge in [0.05, 0.1) is 0 Å². The van der Waals surface area contributed by atoms with Crippen LogP contribution in [0.2, 0.25) is 0 Å². The molecule has 0 aromatic heterocycles. The van der Waals surface area contributed by atoms with Crippen molar-refractivity contribution in [3.63, 3.8) is 0 Å². The molecule has 1 unspecified atom stereocenters. The molecule has 2 fully saturated rings. The molecule has 1 aromatic carbocycles. The fourth-order valence-electron chi connectivity index (χ4n) is 3.92. The summed E-state index contributed by atoms with van der Waals surface area (Å²) in [5.41, 5.74) is 1.37. The van der Waals surface area contributed by atoms with Gasteiger partial charge in [0.25, 0.3) is 0 Å². The van der Waals surface area contributed by atoms with Crippen LogP contribution in [0.3, 0.4) is 0 Å². The second-order valence-corrected chi connectivity index (χ2v) is 7.82. The Morgan fingerprint density at radius 2 is 1.84 bits per heavy atom. The van der Waals surface area contributed by atoms with Crippen molar-refractivity contribution in [1.29, 1.82) is 0 Å². The van der Waals surface area contributed by atoms with Crippen LogP contribution >= 0.6 is 12.4 Å². The number of halogens is 1. The van der Waals surface area contributed by atoms with Gasteiger partial charge < -0.3 is 10.2 Å². The number of nitrogens with one attached hydrogen (secondary N) is 1. The predicted molar refractivity (Wildman–Crippen MR) is 105 cm³/mol. The van der Waals surface area contributed by atoms with Gasteiger partial charge in [0, 0.05) is 51.7 Å². The first-order valence-corrected chi connectivity index (χ1v) is 9.34. The Bertz CT molecular complexity index is 543. The number of hydrogen-bond donors (Lipinski definition) is 1. The average Bonchev–Trinajstić information content (AvgIpc) is 3.11. The van der Waals surface area contributed by atoms with E-state index >= 15 is 0 Å². The molecule has 2 saturated heterocycles. The van der Waals surface area contributed by atoms with E-state index in [-0.39, 0.29) is 17.8 Å². The molecule has 0 radical (unpaired) electrons. The fraction of sp³-hybridized carbons (Fsp3) is 0.650. The van der Waals surface area contributed by atoms with Gasteiger partial charge in [-0.1, -0.05) is 44.2 Å². The van der Waals surface area contributed by atoms with E-state index in [0.29, 0.717) is 18.4 Å². The molecule has 25 heavy (non-hydrogen) atoms. The number of amides is 1. The van der Waals surface area contributed by atoms with Crippen LogP contribution in [-0.2, 0) is 10.2 Å².